The molecule has 15 heteroatoms. The Labute approximate surface area is 316 Å². The summed E-state index contributed by atoms with van der Waals surface area (Å²) in [6.45, 7) is 3.78. The molecular weight excluding hydrogens is 723 g/mol. The molecule has 0 unspecified atom stereocenters. The zero-order valence-corrected chi connectivity index (χ0v) is 31.3. The van der Waals surface area contributed by atoms with Crippen LogP contribution in [0.4, 0.5) is 4.39 Å². The van der Waals surface area contributed by atoms with E-state index in [0.29, 0.717) is 10.5 Å². The van der Waals surface area contributed by atoms with Gasteiger partial charge in [-0.15, -0.1) is 0 Å². The highest BCUT2D eigenvalue weighted by atomic mass is 32.2. The first-order chi connectivity index (χ1) is 25.7. The van der Waals surface area contributed by atoms with Crippen molar-refractivity contribution in [2.24, 2.45) is 0 Å². The van der Waals surface area contributed by atoms with E-state index in [0.717, 1.165) is 56.3 Å². The van der Waals surface area contributed by atoms with E-state index in [2.05, 4.69) is 10.6 Å². The topological polar surface area (TPSA) is 173 Å². The third-order valence-electron chi connectivity index (χ3n) is 8.31. The third-order valence-corrected chi connectivity index (χ3v) is 9.58. The van der Waals surface area contributed by atoms with E-state index in [-0.39, 0.29) is 6.42 Å². The van der Waals surface area contributed by atoms with Gasteiger partial charge in [0.15, 0.2) is 18.9 Å². The fourth-order valence-electron chi connectivity index (χ4n) is 5.85. The molecule has 6 atom stereocenters. The highest BCUT2D eigenvalue weighted by Gasteiger charge is 2.58. The van der Waals surface area contributed by atoms with Crippen LogP contribution in [0.25, 0.3) is 11.1 Å². The van der Waals surface area contributed by atoms with Crippen molar-refractivity contribution >= 4 is 47.5 Å². The van der Waals surface area contributed by atoms with Crippen LogP contribution in [0.2, 0.25) is 0 Å². The van der Waals surface area contributed by atoms with E-state index in [1.165, 1.54) is 0 Å². The predicted molar refractivity (Wildman–Crippen MR) is 194 cm³/mol. The summed E-state index contributed by atoms with van der Waals surface area (Å²) in [6, 6.07) is 22.4. The van der Waals surface area contributed by atoms with Crippen LogP contribution in [0.1, 0.15) is 38.3 Å². The Hall–Kier alpha value is -5.28. The molecule has 0 aliphatic carbocycles. The minimum atomic E-state index is -2.36. The first-order valence-electron chi connectivity index (χ1n) is 17.0. The standard InChI is InChI=1S/C39H43FN2O11S/c1-23-11-17-30(18-12-23)54-39(38(48)49-5)20-31(51-25(3)44)36(42-34(47)22-50-24(2)43)37(53-39)35(40)32(52-26(4)45)21-41-33(46)19-27-13-15-29(16-14-27)28-9-7-6-8-10-28/h6-18,31-32,35-37H,19-22H2,1-5H3,(H,41,46)(H,42,47)/t31-,32+,35-,36+,37-,39+/m0/s1. The number of halogens is 1. The van der Waals surface area contributed by atoms with Crippen LogP contribution in [0, 0.1) is 6.92 Å². The van der Waals surface area contributed by atoms with Gasteiger partial charge in [-0.2, -0.15) is 0 Å². The molecule has 1 aliphatic heterocycles. The normalized spacial score (nSPS) is 20.4. The maximum absolute atomic E-state index is 17.1. The van der Waals surface area contributed by atoms with E-state index >= 15 is 4.39 Å². The number of alkyl halides is 1. The summed E-state index contributed by atoms with van der Waals surface area (Å²) in [4.78, 5) is 74.2. The highest BCUT2D eigenvalue weighted by Crippen LogP contribution is 2.46. The van der Waals surface area contributed by atoms with Gasteiger partial charge < -0.3 is 34.3 Å². The van der Waals surface area contributed by atoms with Gasteiger partial charge in [-0.25, -0.2) is 9.18 Å². The third kappa shape index (κ3) is 11.6. The quantitative estimate of drug-likeness (QED) is 0.168. The molecule has 1 heterocycles. The van der Waals surface area contributed by atoms with Gasteiger partial charge in [-0.3, -0.25) is 24.0 Å². The lowest BCUT2D eigenvalue weighted by molar-refractivity contribution is -0.206. The van der Waals surface area contributed by atoms with Crippen molar-refractivity contribution in [3.8, 4) is 11.1 Å². The molecule has 1 saturated heterocycles. The second kappa shape index (κ2) is 19.2. The number of amides is 2. The first-order valence-corrected chi connectivity index (χ1v) is 17.9. The second-order valence-electron chi connectivity index (χ2n) is 12.6. The molecule has 2 amide bonds. The minimum absolute atomic E-state index is 0.0826. The van der Waals surface area contributed by atoms with Crippen molar-refractivity contribution in [3.05, 3.63) is 90.0 Å². The second-order valence-corrected chi connectivity index (χ2v) is 13.9. The zero-order chi connectivity index (χ0) is 39.4. The molecule has 13 nitrogen and oxygen atoms in total. The van der Waals surface area contributed by atoms with Crippen LogP contribution in [0.5, 0.6) is 0 Å². The van der Waals surface area contributed by atoms with Crippen molar-refractivity contribution in [2.45, 2.75) is 80.9 Å². The summed E-state index contributed by atoms with van der Waals surface area (Å²) in [5.74, 6) is -4.86. The molecule has 3 aromatic carbocycles. The average Bonchev–Trinajstić information content (AvgIpc) is 3.14. The Morgan fingerprint density at radius 2 is 1.52 bits per heavy atom. The largest absolute Gasteiger partial charge is 0.466 e. The SMILES string of the molecule is COC(=O)[C@]1(Sc2ccc(C)cc2)C[C@H](OC(C)=O)[C@@H](NC(=O)COC(C)=O)[C@H]([C@@H](F)[C@@H](CNC(=O)Cc2ccc(-c3ccccc3)cc2)OC(C)=O)O1. The Bertz CT molecular complexity index is 1790. The van der Waals surface area contributed by atoms with E-state index in [9.17, 15) is 28.8 Å². The van der Waals surface area contributed by atoms with Gasteiger partial charge in [0.1, 0.15) is 12.2 Å². The monoisotopic (exact) mass is 766 g/mol. The van der Waals surface area contributed by atoms with Crippen LogP contribution in [0.15, 0.2) is 83.8 Å². The van der Waals surface area contributed by atoms with E-state index in [1.807, 2.05) is 49.4 Å². The molecule has 0 aromatic heterocycles. The number of thioether (sulfide) groups is 1. The summed E-state index contributed by atoms with van der Waals surface area (Å²) >= 11 is 0.871. The molecule has 1 fully saturated rings. The fraction of sp³-hybridized carbons (Fsp3) is 0.385. The molecule has 0 radical (unpaired) electrons. The average molecular weight is 767 g/mol. The highest BCUT2D eigenvalue weighted by molar-refractivity contribution is 8.01. The maximum Gasteiger partial charge on any atom is 0.349 e. The Morgan fingerprint density at radius 3 is 2.11 bits per heavy atom. The van der Waals surface area contributed by atoms with Crippen LogP contribution in [0.3, 0.4) is 0 Å². The molecule has 0 spiro atoms. The summed E-state index contributed by atoms with van der Waals surface area (Å²) in [7, 11) is 1.10. The van der Waals surface area contributed by atoms with E-state index in [4.69, 9.17) is 23.7 Å². The number of benzene rings is 3. The van der Waals surface area contributed by atoms with Crippen molar-refractivity contribution in [2.75, 3.05) is 20.3 Å². The Balaban J connectivity index is 1.65. The summed E-state index contributed by atoms with van der Waals surface area (Å²) in [5.41, 5.74) is 3.54. The zero-order valence-electron chi connectivity index (χ0n) is 30.5. The smallest absolute Gasteiger partial charge is 0.349 e. The van der Waals surface area contributed by atoms with Gasteiger partial charge in [0.2, 0.25) is 10.8 Å². The molecule has 0 bridgehead atoms. The molecule has 2 N–H and O–H groups in total. The van der Waals surface area contributed by atoms with Crippen molar-refractivity contribution in [3.63, 3.8) is 0 Å². The molecule has 54 heavy (non-hydrogen) atoms. The van der Waals surface area contributed by atoms with Gasteiger partial charge in [-0.1, -0.05) is 84.1 Å². The van der Waals surface area contributed by atoms with E-state index < -0.39 is 90.7 Å². The number of carbonyl (C=O) groups is 6. The molecule has 0 saturated carbocycles. The Kier molecular flexibility index (Phi) is 14.7. The number of ether oxygens (including phenoxy) is 5. The van der Waals surface area contributed by atoms with Crippen LogP contribution >= 0.6 is 11.8 Å². The molecule has 288 valence electrons. The molecule has 3 aromatic rings. The Morgan fingerprint density at radius 1 is 0.870 bits per heavy atom. The summed E-state index contributed by atoms with van der Waals surface area (Å²) in [5, 5.41) is 5.10. The number of hydrogen-bond donors (Lipinski definition) is 2. The van der Waals surface area contributed by atoms with Crippen molar-refractivity contribution in [1.29, 1.82) is 0 Å². The van der Waals surface area contributed by atoms with Crippen LogP contribution in [-0.4, -0.2) is 91.4 Å². The van der Waals surface area contributed by atoms with Crippen LogP contribution < -0.4 is 10.6 Å². The molecular formula is C39H43FN2O11S. The number of hydrogen-bond acceptors (Lipinski definition) is 12. The number of aryl methyl sites for hydroxylation is 1. The summed E-state index contributed by atoms with van der Waals surface area (Å²) < 4.78 is 44.2. The lowest BCUT2D eigenvalue weighted by atomic mass is 9.89. The van der Waals surface area contributed by atoms with Crippen molar-refractivity contribution in [1.82, 2.24) is 10.6 Å². The fourth-order valence-corrected chi connectivity index (χ4v) is 7.08. The maximum atomic E-state index is 17.1. The molecule has 4 rings (SSSR count). The van der Waals surface area contributed by atoms with Crippen LogP contribution in [-0.2, 0) is 58.9 Å². The number of methoxy groups -OCH3 is 1. The van der Waals surface area contributed by atoms with Crippen molar-refractivity contribution < 1.29 is 56.8 Å². The van der Waals surface area contributed by atoms with Gasteiger partial charge in [0.05, 0.1) is 26.1 Å². The number of esters is 4. The summed E-state index contributed by atoms with van der Waals surface area (Å²) in [6.07, 6.45) is -7.87. The van der Waals surface area contributed by atoms with Gasteiger partial charge >= 0.3 is 23.9 Å². The molecule has 1 aliphatic rings. The minimum Gasteiger partial charge on any atom is -0.466 e. The first kappa shape index (κ1) is 41.5. The number of nitrogens with one attached hydrogen (secondary N) is 2. The lowest BCUT2D eigenvalue weighted by Gasteiger charge is -2.47. The predicted octanol–water partition coefficient (Wildman–Crippen LogP) is 4.02. The number of rotatable bonds is 15. The van der Waals surface area contributed by atoms with Gasteiger partial charge in [-0.05, 0) is 35.7 Å². The number of carbonyl (C=O) groups excluding carboxylic acids is 6. The lowest BCUT2D eigenvalue weighted by Crippen LogP contribution is -2.67. The van der Waals surface area contributed by atoms with Gasteiger partial charge in [0, 0.05) is 32.1 Å². The van der Waals surface area contributed by atoms with Gasteiger partial charge in [0.25, 0.3) is 5.91 Å². The van der Waals surface area contributed by atoms with E-state index in [1.54, 1.807) is 36.4 Å².